The van der Waals surface area contributed by atoms with Gasteiger partial charge in [0.05, 0.1) is 0 Å². The third-order valence-electron chi connectivity index (χ3n) is 4.00. The van der Waals surface area contributed by atoms with Crippen LogP contribution >= 0.6 is 0 Å². The molecule has 98 valence electrons. The number of nitrogens with zero attached hydrogens (tertiary/aromatic N) is 1. The average molecular weight is 251 g/mol. The minimum atomic E-state index is 1.11. The van der Waals surface area contributed by atoms with E-state index in [1.165, 1.54) is 41.8 Å². The van der Waals surface area contributed by atoms with Gasteiger partial charge in [-0.15, -0.1) is 0 Å². The van der Waals surface area contributed by atoms with Crippen LogP contribution in [0.3, 0.4) is 0 Å². The predicted octanol–water partition coefficient (Wildman–Crippen LogP) is 4.12. The van der Waals surface area contributed by atoms with E-state index in [1.54, 1.807) is 0 Å². The Morgan fingerprint density at radius 1 is 0.789 bits per heavy atom. The second-order valence-electron chi connectivity index (χ2n) is 5.38. The molecule has 0 radical (unpaired) electrons. The van der Waals surface area contributed by atoms with Crippen molar-refractivity contribution in [3.8, 4) is 11.1 Å². The van der Waals surface area contributed by atoms with Crippen molar-refractivity contribution in [3.63, 3.8) is 0 Å². The normalized spacial score (nSPS) is 15.2. The molecule has 2 aromatic carbocycles. The van der Waals surface area contributed by atoms with E-state index in [2.05, 4.69) is 60.4 Å². The molecule has 1 aliphatic heterocycles. The van der Waals surface area contributed by atoms with Gasteiger partial charge in [-0.25, -0.2) is 0 Å². The summed E-state index contributed by atoms with van der Waals surface area (Å²) in [7, 11) is 0. The van der Waals surface area contributed by atoms with Crippen LogP contribution in [0.4, 0.5) is 0 Å². The smallest absolute Gasteiger partial charge is 0.0233 e. The van der Waals surface area contributed by atoms with Gasteiger partial charge in [-0.3, -0.25) is 4.90 Å². The molecule has 1 saturated heterocycles. The Balaban J connectivity index is 1.73. The third-order valence-corrected chi connectivity index (χ3v) is 4.00. The van der Waals surface area contributed by atoms with Crippen LogP contribution in [0.25, 0.3) is 11.1 Å². The second-order valence-corrected chi connectivity index (χ2v) is 5.38. The van der Waals surface area contributed by atoms with E-state index in [1.807, 2.05) is 0 Å². The quantitative estimate of drug-likeness (QED) is 0.790. The van der Waals surface area contributed by atoms with E-state index < -0.39 is 0 Å². The van der Waals surface area contributed by atoms with Gasteiger partial charge in [0.25, 0.3) is 0 Å². The Labute approximate surface area is 115 Å². The summed E-state index contributed by atoms with van der Waals surface area (Å²) in [6, 6.07) is 17.9. The van der Waals surface area contributed by atoms with Crippen molar-refractivity contribution in [1.82, 2.24) is 4.90 Å². The molecule has 0 saturated carbocycles. The molecule has 0 unspecified atom stereocenters. The fourth-order valence-electron chi connectivity index (χ4n) is 2.53. The molecule has 0 aromatic heterocycles. The van der Waals surface area contributed by atoms with Gasteiger partial charge in [-0.05, 0) is 48.2 Å². The zero-order valence-corrected chi connectivity index (χ0v) is 11.6. The van der Waals surface area contributed by atoms with Crippen LogP contribution in [0.2, 0.25) is 0 Å². The SMILES string of the molecule is CCc1ccc(-c2ccc(CN3CCC3)cc2)cc1. The van der Waals surface area contributed by atoms with Crippen LogP contribution in [-0.4, -0.2) is 18.0 Å². The minimum Gasteiger partial charge on any atom is -0.299 e. The van der Waals surface area contributed by atoms with Crippen LogP contribution in [0, 0.1) is 0 Å². The van der Waals surface area contributed by atoms with E-state index >= 15 is 0 Å². The topological polar surface area (TPSA) is 3.24 Å². The van der Waals surface area contributed by atoms with Gasteiger partial charge in [0.1, 0.15) is 0 Å². The van der Waals surface area contributed by atoms with Crippen molar-refractivity contribution in [2.75, 3.05) is 13.1 Å². The van der Waals surface area contributed by atoms with E-state index in [0.717, 1.165) is 13.0 Å². The Morgan fingerprint density at radius 3 is 1.74 bits per heavy atom. The van der Waals surface area contributed by atoms with Gasteiger partial charge in [0, 0.05) is 6.54 Å². The molecule has 0 N–H and O–H groups in total. The van der Waals surface area contributed by atoms with Gasteiger partial charge in [-0.2, -0.15) is 0 Å². The van der Waals surface area contributed by atoms with Gasteiger partial charge in [0.15, 0.2) is 0 Å². The molecule has 1 nitrogen and oxygen atoms in total. The maximum absolute atomic E-state index is 2.49. The third kappa shape index (κ3) is 2.87. The van der Waals surface area contributed by atoms with E-state index in [9.17, 15) is 0 Å². The zero-order chi connectivity index (χ0) is 13.1. The number of hydrogen-bond acceptors (Lipinski definition) is 1. The van der Waals surface area contributed by atoms with Gasteiger partial charge < -0.3 is 0 Å². The molecule has 19 heavy (non-hydrogen) atoms. The van der Waals surface area contributed by atoms with E-state index in [4.69, 9.17) is 0 Å². The van der Waals surface area contributed by atoms with E-state index in [-0.39, 0.29) is 0 Å². The molecule has 0 bridgehead atoms. The molecule has 0 amide bonds. The highest BCUT2D eigenvalue weighted by molar-refractivity contribution is 5.63. The molecule has 1 heterocycles. The molecule has 2 aromatic rings. The number of aryl methyl sites for hydroxylation is 1. The number of benzene rings is 2. The lowest BCUT2D eigenvalue weighted by Crippen LogP contribution is -2.36. The van der Waals surface area contributed by atoms with Crippen molar-refractivity contribution >= 4 is 0 Å². The first-order chi connectivity index (χ1) is 9.35. The van der Waals surface area contributed by atoms with Crippen molar-refractivity contribution in [3.05, 3.63) is 59.7 Å². The van der Waals surface area contributed by atoms with Gasteiger partial charge in [-0.1, -0.05) is 55.5 Å². The lowest BCUT2D eigenvalue weighted by molar-refractivity contribution is 0.172. The molecule has 1 fully saturated rings. The molecule has 1 heteroatoms. The summed E-state index contributed by atoms with van der Waals surface area (Å²) in [6.07, 6.45) is 2.47. The van der Waals surface area contributed by atoms with E-state index in [0.29, 0.717) is 0 Å². The second kappa shape index (κ2) is 5.58. The molecular formula is C18H21N. The largest absolute Gasteiger partial charge is 0.299 e. The minimum absolute atomic E-state index is 1.11. The highest BCUT2D eigenvalue weighted by Gasteiger charge is 2.13. The summed E-state index contributed by atoms with van der Waals surface area (Å²) in [5.74, 6) is 0. The van der Waals surface area contributed by atoms with Crippen LogP contribution in [0.15, 0.2) is 48.5 Å². The van der Waals surface area contributed by atoms with Crippen LogP contribution < -0.4 is 0 Å². The zero-order valence-electron chi connectivity index (χ0n) is 11.6. The first kappa shape index (κ1) is 12.4. The molecule has 0 aliphatic carbocycles. The summed E-state index contributed by atoms with van der Waals surface area (Å²) in [5, 5.41) is 0. The average Bonchev–Trinajstić information content (AvgIpc) is 2.44. The summed E-state index contributed by atoms with van der Waals surface area (Å²) in [4.78, 5) is 2.49. The molecule has 0 atom stereocenters. The first-order valence-corrected chi connectivity index (χ1v) is 7.26. The lowest BCUT2D eigenvalue weighted by Gasteiger charge is -2.30. The highest BCUT2D eigenvalue weighted by atomic mass is 15.2. The first-order valence-electron chi connectivity index (χ1n) is 7.26. The molecular weight excluding hydrogens is 230 g/mol. The fourth-order valence-corrected chi connectivity index (χ4v) is 2.53. The van der Waals surface area contributed by atoms with Crippen LogP contribution in [0.5, 0.6) is 0 Å². The summed E-state index contributed by atoms with van der Waals surface area (Å²) >= 11 is 0. The number of hydrogen-bond donors (Lipinski definition) is 0. The van der Waals surface area contributed by atoms with Crippen molar-refractivity contribution < 1.29 is 0 Å². The Kier molecular flexibility index (Phi) is 3.65. The van der Waals surface area contributed by atoms with Crippen molar-refractivity contribution in [1.29, 1.82) is 0 Å². The number of likely N-dealkylation sites (tertiary alicyclic amines) is 1. The summed E-state index contributed by atoms with van der Waals surface area (Å²) < 4.78 is 0. The predicted molar refractivity (Wildman–Crippen MR) is 81.2 cm³/mol. The Bertz CT molecular complexity index is 521. The van der Waals surface area contributed by atoms with Gasteiger partial charge in [0.2, 0.25) is 0 Å². The fraction of sp³-hybridized carbons (Fsp3) is 0.333. The molecule has 0 spiro atoms. The Hall–Kier alpha value is -1.60. The number of rotatable bonds is 4. The maximum atomic E-state index is 2.49. The monoisotopic (exact) mass is 251 g/mol. The van der Waals surface area contributed by atoms with Crippen LogP contribution in [-0.2, 0) is 13.0 Å². The summed E-state index contributed by atoms with van der Waals surface area (Å²) in [6.45, 7) is 5.83. The standard InChI is InChI=1S/C18H21N/c1-2-15-4-8-17(9-5-15)18-10-6-16(7-11-18)14-19-12-3-13-19/h4-11H,2-3,12-14H2,1H3. The van der Waals surface area contributed by atoms with Gasteiger partial charge >= 0.3 is 0 Å². The Morgan fingerprint density at radius 2 is 1.32 bits per heavy atom. The van der Waals surface area contributed by atoms with Crippen molar-refractivity contribution in [2.45, 2.75) is 26.3 Å². The lowest BCUT2D eigenvalue weighted by atomic mass is 10.0. The van der Waals surface area contributed by atoms with Crippen LogP contribution in [0.1, 0.15) is 24.5 Å². The molecule has 1 aliphatic rings. The molecule has 3 rings (SSSR count). The summed E-state index contributed by atoms with van der Waals surface area (Å²) in [5.41, 5.74) is 5.45. The maximum Gasteiger partial charge on any atom is 0.0233 e. The highest BCUT2D eigenvalue weighted by Crippen LogP contribution is 2.21. The van der Waals surface area contributed by atoms with Crippen molar-refractivity contribution in [2.24, 2.45) is 0 Å².